The summed E-state index contributed by atoms with van der Waals surface area (Å²) in [6, 6.07) is 0. The standard InChI is InChI=1S/C12H22N2O2/c1-3-5-12(6-4-7-13-12)10(15)14-8-11(2,16)9-14/h13,16H,3-9H2,1-2H3. The third-order valence-electron chi connectivity index (χ3n) is 3.68. The van der Waals surface area contributed by atoms with Crippen LogP contribution in [-0.4, -0.2) is 46.7 Å². The van der Waals surface area contributed by atoms with Gasteiger partial charge in [-0.25, -0.2) is 0 Å². The first-order chi connectivity index (χ1) is 7.49. The van der Waals surface area contributed by atoms with Gasteiger partial charge in [-0.05, 0) is 32.7 Å². The summed E-state index contributed by atoms with van der Waals surface area (Å²) < 4.78 is 0. The van der Waals surface area contributed by atoms with Crippen LogP contribution in [0.15, 0.2) is 0 Å². The topological polar surface area (TPSA) is 52.6 Å². The van der Waals surface area contributed by atoms with Crippen LogP contribution in [0.3, 0.4) is 0 Å². The Bertz CT molecular complexity index is 275. The molecule has 0 bridgehead atoms. The van der Waals surface area contributed by atoms with Gasteiger partial charge in [-0.3, -0.25) is 4.79 Å². The highest BCUT2D eigenvalue weighted by molar-refractivity contribution is 5.87. The molecular weight excluding hydrogens is 204 g/mol. The highest BCUT2D eigenvalue weighted by Gasteiger charge is 2.48. The van der Waals surface area contributed by atoms with E-state index in [4.69, 9.17) is 0 Å². The smallest absolute Gasteiger partial charge is 0.243 e. The SMILES string of the molecule is CCCC1(C(=O)N2CC(C)(O)C2)CCCN1. The Morgan fingerprint density at radius 1 is 1.50 bits per heavy atom. The zero-order valence-corrected chi connectivity index (χ0v) is 10.3. The molecule has 2 N–H and O–H groups in total. The number of carbonyl (C=O) groups excluding carboxylic acids is 1. The molecule has 2 fully saturated rings. The Balaban J connectivity index is 2.01. The van der Waals surface area contributed by atoms with Gasteiger partial charge in [0.1, 0.15) is 0 Å². The molecule has 1 unspecified atom stereocenters. The molecule has 0 spiro atoms. The van der Waals surface area contributed by atoms with Crippen LogP contribution in [0, 0.1) is 0 Å². The number of nitrogens with zero attached hydrogens (tertiary/aromatic N) is 1. The van der Waals surface area contributed by atoms with Crippen LogP contribution in [0.2, 0.25) is 0 Å². The van der Waals surface area contributed by atoms with Crippen molar-refractivity contribution in [3.05, 3.63) is 0 Å². The van der Waals surface area contributed by atoms with Gasteiger partial charge in [-0.1, -0.05) is 13.3 Å². The van der Waals surface area contributed by atoms with E-state index in [9.17, 15) is 9.90 Å². The minimum Gasteiger partial charge on any atom is -0.386 e. The Hall–Kier alpha value is -0.610. The second-order valence-corrected chi connectivity index (χ2v) is 5.52. The second-order valence-electron chi connectivity index (χ2n) is 5.52. The summed E-state index contributed by atoms with van der Waals surface area (Å²) in [7, 11) is 0. The van der Waals surface area contributed by atoms with E-state index in [1.165, 1.54) is 0 Å². The summed E-state index contributed by atoms with van der Waals surface area (Å²) in [5.41, 5.74) is -0.993. The van der Waals surface area contributed by atoms with Gasteiger partial charge >= 0.3 is 0 Å². The first-order valence-electron chi connectivity index (χ1n) is 6.26. The molecule has 16 heavy (non-hydrogen) atoms. The van der Waals surface area contributed by atoms with E-state index in [0.29, 0.717) is 13.1 Å². The van der Waals surface area contributed by atoms with Crippen LogP contribution in [0.25, 0.3) is 0 Å². The predicted molar refractivity (Wildman–Crippen MR) is 62.1 cm³/mol. The number of amides is 1. The maximum atomic E-state index is 12.4. The largest absolute Gasteiger partial charge is 0.386 e. The molecule has 2 rings (SSSR count). The predicted octanol–water partition coefficient (Wildman–Crippen LogP) is 0.502. The van der Waals surface area contributed by atoms with Crippen LogP contribution in [0.4, 0.5) is 0 Å². The fourth-order valence-corrected chi connectivity index (χ4v) is 2.96. The molecule has 2 heterocycles. The average Bonchev–Trinajstić information content (AvgIpc) is 2.63. The molecule has 2 saturated heterocycles. The van der Waals surface area contributed by atoms with E-state index in [2.05, 4.69) is 12.2 Å². The summed E-state index contributed by atoms with van der Waals surface area (Å²) in [4.78, 5) is 14.2. The molecule has 0 aromatic carbocycles. The number of hydrogen-bond acceptors (Lipinski definition) is 3. The molecule has 2 aliphatic heterocycles. The molecule has 1 amide bonds. The highest BCUT2D eigenvalue weighted by Crippen LogP contribution is 2.31. The zero-order valence-electron chi connectivity index (χ0n) is 10.3. The van der Waals surface area contributed by atoms with Crippen LogP contribution < -0.4 is 5.32 Å². The minimum absolute atomic E-state index is 0.193. The molecule has 0 saturated carbocycles. The number of carbonyl (C=O) groups is 1. The Labute approximate surface area is 97.0 Å². The third kappa shape index (κ3) is 1.96. The number of aliphatic hydroxyl groups is 1. The van der Waals surface area contributed by atoms with Crippen LogP contribution >= 0.6 is 0 Å². The Kier molecular flexibility index (Phi) is 2.97. The summed E-state index contributed by atoms with van der Waals surface area (Å²) in [6.07, 6.45) is 3.95. The quantitative estimate of drug-likeness (QED) is 0.737. The summed E-state index contributed by atoms with van der Waals surface area (Å²) in [6.45, 7) is 5.81. The van der Waals surface area contributed by atoms with Crippen LogP contribution in [-0.2, 0) is 4.79 Å². The Morgan fingerprint density at radius 3 is 2.62 bits per heavy atom. The van der Waals surface area contributed by atoms with Gasteiger partial charge in [0.15, 0.2) is 0 Å². The first-order valence-corrected chi connectivity index (χ1v) is 6.26. The molecule has 1 atom stereocenters. The normalized spacial score (nSPS) is 32.6. The zero-order chi connectivity index (χ0) is 11.8. The molecule has 92 valence electrons. The van der Waals surface area contributed by atoms with Crippen molar-refractivity contribution >= 4 is 5.91 Å². The van der Waals surface area contributed by atoms with Crippen LogP contribution in [0.5, 0.6) is 0 Å². The molecule has 0 aromatic heterocycles. The minimum atomic E-state index is -0.665. The fraction of sp³-hybridized carbons (Fsp3) is 0.917. The van der Waals surface area contributed by atoms with E-state index in [1.807, 2.05) is 0 Å². The van der Waals surface area contributed by atoms with E-state index >= 15 is 0 Å². The lowest BCUT2D eigenvalue weighted by Gasteiger charge is -2.47. The maximum Gasteiger partial charge on any atom is 0.243 e. The van der Waals surface area contributed by atoms with Gasteiger partial charge in [0, 0.05) is 0 Å². The molecule has 2 aliphatic rings. The van der Waals surface area contributed by atoms with Crippen molar-refractivity contribution in [2.24, 2.45) is 0 Å². The number of hydrogen-bond donors (Lipinski definition) is 2. The van der Waals surface area contributed by atoms with Gasteiger partial charge in [-0.2, -0.15) is 0 Å². The van der Waals surface area contributed by atoms with Gasteiger partial charge < -0.3 is 15.3 Å². The van der Waals surface area contributed by atoms with E-state index in [0.717, 1.165) is 32.2 Å². The van der Waals surface area contributed by atoms with Crippen molar-refractivity contribution in [3.63, 3.8) is 0 Å². The van der Waals surface area contributed by atoms with Crippen molar-refractivity contribution in [3.8, 4) is 0 Å². The summed E-state index contributed by atoms with van der Waals surface area (Å²) in [5.74, 6) is 0.193. The lowest BCUT2D eigenvalue weighted by atomic mass is 9.86. The molecule has 4 heteroatoms. The van der Waals surface area contributed by atoms with Gasteiger partial charge in [-0.15, -0.1) is 0 Å². The fourth-order valence-electron chi connectivity index (χ4n) is 2.96. The van der Waals surface area contributed by atoms with Crippen molar-refractivity contribution < 1.29 is 9.90 Å². The summed E-state index contributed by atoms with van der Waals surface area (Å²) in [5, 5.41) is 13.0. The van der Waals surface area contributed by atoms with E-state index < -0.39 is 5.60 Å². The van der Waals surface area contributed by atoms with Gasteiger partial charge in [0.2, 0.25) is 5.91 Å². The molecule has 0 aliphatic carbocycles. The van der Waals surface area contributed by atoms with Crippen molar-refractivity contribution in [1.29, 1.82) is 0 Å². The van der Waals surface area contributed by atoms with Gasteiger partial charge in [0.25, 0.3) is 0 Å². The summed E-state index contributed by atoms with van der Waals surface area (Å²) >= 11 is 0. The van der Waals surface area contributed by atoms with E-state index in [1.54, 1.807) is 11.8 Å². The lowest BCUT2D eigenvalue weighted by Crippen LogP contribution is -2.67. The van der Waals surface area contributed by atoms with Crippen molar-refractivity contribution in [2.45, 2.75) is 50.7 Å². The average molecular weight is 226 g/mol. The number of nitrogens with one attached hydrogen (secondary N) is 1. The monoisotopic (exact) mass is 226 g/mol. The Morgan fingerprint density at radius 2 is 2.19 bits per heavy atom. The molecule has 0 aromatic rings. The van der Waals surface area contributed by atoms with Crippen molar-refractivity contribution in [1.82, 2.24) is 10.2 Å². The lowest BCUT2D eigenvalue weighted by molar-refractivity contribution is -0.159. The maximum absolute atomic E-state index is 12.4. The third-order valence-corrected chi connectivity index (χ3v) is 3.68. The van der Waals surface area contributed by atoms with Gasteiger partial charge in [0.05, 0.1) is 24.2 Å². The second kappa shape index (κ2) is 4.00. The number of rotatable bonds is 3. The number of β-amino-alcohol motifs (C(OH)–C–C–N with tert-alkyl or cyclic N) is 1. The molecule has 4 nitrogen and oxygen atoms in total. The number of likely N-dealkylation sites (tertiary alicyclic amines) is 1. The molecular formula is C12H22N2O2. The molecule has 0 radical (unpaired) electrons. The first kappa shape index (κ1) is 11.9. The highest BCUT2D eigenvalue weighted by atomic mass is 16.3. The van der Waals surface area contributed by atoms with E-state index in [-0.39, 0.29) is 11.4 Å². The van der Waals surface area contributed by atoms with Crippen LogP contribution in [0.1, 0.15) is 39.5 Å². The van der Waals surface area contributed by atoms with Crippen molar-refractivity contribution in [2.75, 3.05) is 19.6 Å².